The zero-order valence-corrected chi connectivity index (χ0v) is 14.6. The lowest BCUT2D eigenvalue weighted by atomic mass is 10.0. The summed E-state index contributed by atoms with van der Waals surface area (Å²) in [5.74, 6) is 1.66. The summed E-state index contributed by atoms with van der Waals surface area (Å²) in [7, 11) is 3.92. The molecule has 0 saturated heterocycles. The Balaban J connectivity index is 2.84. The van der Waals surface area contributed by atoms with E-state index in [2.05, 4.69) is 63.2 Å². The minimum atomic E-state index is 0.380. The zero-order chi connectivity index (χ0) is 15.8. The van der Waals surface area contributed by atoms with Crippen LogP contribution < -0.4 is 10.1 Å². The number of ether oxygens (including phenoxy) is 1. The number of hydrogen-bond acceptors (Lipinski definition) is 3. The minimum Gasteiger partial charge on any atom is -0.496 e. The molecule has 1 atom stereocenters. The first-order chi connectivity index (χ1) is 9.97. The highest BCUT2D eigenvalue weighted by Crippen LogP contribution is 2.24. The highest BCUT2D eigenvalue weighted by molar-refractivity contribution is 5.38. The molecule has 0 radical (unpaired) electrons. The number of benzene rings is 1. The maximum atomic E-state index is 5.52. The van der Waals surface area contributed by atoms with E-state index in [1.807, 2.05) is 0 Å². The smallest absolute Gasteiger partial charge is 0.123 e. The van der Waals surface area contributed by atoms with Crippen LogP contribution in [-0.4, -0.2) is 32.1 Å². The van der Waals surface area contributed by atoms with Gasteiger partial charge in [-0.1, -0.05) is 26.8 Å². The summed E-state index contributed by atoms with van der Waals surface area (Å²) in [4.78, 5) is 2.36. The average Bonchev–Trinajstić information content (AvgIpc) is 2.43. The van der Waals surface area contributed by atoms with E-state index in [1.54, 1.807) is 7.11 Å². The molecule has 1 rings (SSSR count). The Hall–Kier alpha value is -1.06. The molecule has 0 aliphatic heterocycles. The molecule has 1 aromatic carbocycles. The van der Waals surface area contributed by atoms with Gasteiger partial charge in [-0.25, -0.2) is 0 Å². The molecule has 3 nitrogen and oxygen atoms in total. The first-order valence-electron chi connectivity index (χ1n) is 8.06. The van der Waals surface area contributed by atoms with Crippen molar-refractivity contribution in [3.63, 3.8) is 0 Å². The van der Waals surface area contributed by atoms with Gasteiger partial charge in [-0.3, -0.25) is 0 Å². The largest absolute Gasteiger partial charge is 0.496 e. The van der Waals surface area contributed by atoms with E-state index in [0.29, 0.717) is 12.0 Å². The van der Waals surface area contributed by atoms with Crippen LogP contribution in [0.15, 0.2) is 18.2 Å². The van der Waals surface area contributed by atoms with Crippen LogP contribution in [0.25, 0.3) is 0 Å². The zero-order valence-electron chi connectivity index (χ0n) is 14.6. The third kappa shape index (κ3) is 6.06. The number of rotatable bonds is 9. The fraction of sp³-hybridized carbons (Fsp3) is 0.667. The van der Waals surface area contributed by atoms with Gasteiger partial charge in [0.25, 0.3) is 0 Å². The van der Waals surface area contributed by atoms with Gasteiger partial charge in [0.2, 0.25) is 0 Å². The van der Waals surface area contributed by atoms with Crippen LogP contribution in [0.3, 0.4) is 0 Å². The molecule has 0 aliphatic rings. The molecular formula is C18H32N2O. The molecule has 0 amide bonds. The standard InChI is InChI=1S/C18H32N2O/c1-7-10-19-15(4)16-8-9-18(21-6)17(11-16)13-20(5)12-14(2)3/h8-9,11,14-15,19H,7,10,12-13H2,1-6H3. The van der Waals surface area contributed by atoms with Gasteiger partial charge in [0, 0.05) is 24.7 Å². The van der Waals surface area contributed by atoms with Crippen LogP contribution in [0, 0.1) is 5.92 Å². The van der Waals surface area contributed by atoms with E-state index >= 15 is 0 Å². The predicted molar refractivity (Wildman–Crippen MR) is 90.9 cm³/mol. The SMILES string of the molecule is CCCNC(C)c1ccc(OC)c(CN(C)CC(C)C)c1. The van der Waals surface area contributed by atoms with Crippen molar-refractivity contribution in [3.8, 4) is 5.75 Å². The third-order valence-corrected chi connectivity index (χ3v) is 3.62. The van der Waals surface area contributed by atoms with Crippen molar-refractivity contribution in [2.24, 2.45) is 5.92 Å². The van der Waals surface area contributed by atoms with Crippen LogP contribution in [-0.2, 0) is 6.54 Å². The molecule has 0 saturated carbocycles. The van der Waals surface area contributed by atoms with Gasteiger partial charge in [-0.2, -0.15) is 0 Å². The lowest BCUT2D eigenvalue weighted by Gasteiger charge is -2.22. The quantitative estimate of drug-likeness (QED) is 0.748. The molecule has 0 aliphatic carbocycles. The number of nitrogens with one attached hydrogen (secondary N) is 1. The van der Waals surface area contributed by atoms with E-state index < -0.39 is 0 Å². The van der Waals surface area contributed by atoms with E-state index in [1.165, 1.54) is 11.1 Å². The Labute approximate surface area is 130 Å². The van der Waals surface area contributed by atoms with Crippen LogP contribution in [0.2, 0.25) is 0 Å². The van der Waals surface area contributed by atoms with Crippen molar-refractivity contribution in [1.29, 1.82) is 0 Å². The molecule has 0 spiro atoms. The topological polar surface area (TPSA) is 24.5 Å². The highest BCUT2D eigenvalue weighted by Gasteiger charge is 2.11. The van der Waals surface area contributed by atoms with Gasteiger partial charge in [-0.15, -0.1) is 0 Å². The van der Waals surface area contributed by atoms with Crippen LogP contribution in [0.4, 0.5) is 0 Å². The molecule has 3 heteroatoms. The molecule has 1 N–H and O–H groups in total. The highest BCUT2D eigenvalue weighted by atomic mass is 16.5. The number of hydrogen-bond donors (Lipinski definition) is 1. The van der Waals surface area contributed by atoms with Crippen molar-refractivity contribution in [3.05, 3.63) is 29.3 Å². The Kier molecular flexibility index (Phi) is 7.76. The molecule has 1 unspecified atom stereocenters. The van der Waals surface area contributed by atoms with Gasteiger partial charge >= 0.3 is 0 Å². The van der Waals surface area contributed by atoms with Gasteiger partial charge in [-0.05, 0) is 50.6 Å². The lowest BCUT2D eigenvalue weighted by molar-refractivity contribution is 0.282. The Morgan fingerprint density at radius 1 is 1.24 bits per heavy atom. The van der Waals surface area contributed by atoms with Gasteiger partial charge in [0.1, 0.15) is 5.75 Å². The summed E-state index contributed by atoms with van der Waals surface area (Å²) in [6.07, 6.45) is 1.16. The second-order valence-corrected chi connectivity index (χ2v) is 6.34. The van der Waals surface area contributed by atoms with E-state index in [0.717, 1.165) is 31.8 Å². The summed E-state index contributed by atoms with van der Waals surface area (Å²) in [5.41, 5.74) is 2.60. The summed E-state index contributed by atoms with van der Waals surface area (Å²) < 4.78 is 5.52. The van der Waals surface area contributed by atoms with Gasteiger partial charge < -0.3 is 15.0 Å². The van der Waals surface area contributed by atoms with Crippen molar-refractivity contribution >= 4 is 0 Å². The number of nitrogens with zero attached hydrogens (tertiary/aromatic N) is 1. The lowest BCUT2D eigenvalue weighted by Crippen LogP contribution is -2.23. The molecule has 0 aromatic heterocycles. The maximum absolute atomic E-state index is 5.52. The fourth-order valence-corrected chi connectivity index (χ4v) is 2.65. The monoisotopic (exact) mass is 292 g/mol. The van der Waals surface area contributed by atoms with Crippen LogP contribution >= 0.6 is 0 Å². The van der Waals surface area contributed by atoms with Crippen molar-refractivity contribution in [2.45, 2.75) is 46.7 Å². The molecule has 0 fully saturated rings. The molecule has 21 heavy (non-hydrogen) atoms. The van der Waals surface area contributed by atoms with E-state index in [9.17, 15) is 0 Å². The van der Waals surface area contributed by atoms with Crippen LogP contribution in [0.5, 0.6) is 5.75 Å². The Bertz CT molecular complexity index is 418. The predicted octanol–water partition coefficient (Wildman–Crippen LogP) is 3.84. The summed E-state index contributed by atoms with van der Waals surface area (Å²) in [5, 5.41) is 3.54. The van der Waals surface area contributed by atoms with Crippen molar-refractivity contribution in [2.75, 3.05) is 27.2 Å². The fourth-order valence-electron chi connectivity index (χ4n) is 2.65. The van der Waals surface area contributed by atoms with E-state index in [4.69, 9.17) is 4.74 Å². The minimum absolute atomic E-state index is 0.380. The maximum Gasteiger partial charge on any atom is 0.123 e. The van der Waals surface area contributed by atoms with Crippen molar-refractivity contribution in [1.82, 2.24) is 10.2 Å². The summed E-state index contributed by atoms with van der Waals surface area (Å²) in [6.45, 7) is 12.0. The Morgan fingerprint density at radius 3 is 2.52 bits per heavy atom. The molecule has 0 bridgehead atoms. The van der Waals surface area contributed by atoms with Crippen molar-refractivity contribution < 1.29 is 4.74 Å². The molecular weight excluding hydrogens is 260 g/mol. The third-order valence-electron chi connectivity index (χ3n) is 3.62. The van der Waals surface area contributed by atoms with E-state index in [-0.39, 0.29) is 0 Å². The molecule has 120 valence electrons. The molecule has 0 heterocycles. The first kappa shape index (κ1) is 18.0. The summed E-state index contributed by atoms with van der Waals surface area (Å²) in [6, 6.07) is 6.92. The first-order valence-corrected chi connectivity index (χ1v) is 8.06. The second-order valence-electron chi connectivity index (χ2n) is 6.34. The normalized spacial score (nSPS) is 13.0. The summed E-state index contributed by atoms with van der Waals surface area (Å²) >= 11 is 0. The second kappa shape index (κ2) is 9.06. The Morgan fingerprint density at radius 2 is 1.95 bits per heavy atom. The number of methoxy groups -OCH3 is 1. The van der Waals surface area contributed by atoms with Gasteiger partial charge in [0.15, 0.2) is 0 Å². The average molecular weight is 292 g/mol. The van der Waals surface area contributed by atoms with Gasteiger partial charge in [0.05, 0.1) is 7.11 Å². The molecule has 1 aromatic rings. The van der Waals surface area contributed by atoms with Crippen LogP contribution in [0.1, 0.15) is 51.3 Å².